The van der Waals surface area contributed by atoms with Crippen molar-refractivity contribution in [2.75, 3.05) is 13.5 Å². The Morgan fingerprint density at radius 3 is 3.58 bits per heavy atom. The summed E-state index contributed by atoms with van der Waals surface area (Å²) in [4.78, 5) is 5.43. The van der Waals surface area contributed by atoms with E-state index in [0.29, 0.717) is 6.54 Å². The molecule has 2 heteroatoms. The number of nitrogens with zero attached hydrogens (tertiary/aromatic N) is 2. The fourth-order valence-electron chi connectivity index (χ4n) is 1.64. The van der Waals surface area contributed by atoms with Gasteiger partial charge in [-0.2, -0.15) is 0 Å². The first-order valence-corrected chi connectivity index (χ1v) is 4.18. The van der Waals surface area contributed by atoms with Gasteiger partial charge in [0, 0.05) is 22.5 Å². The molecule has 64 valence electrons. The van der Waals surface area contributed by atoms with Crippen LogP contribution in [0.3, 0.4) is 0 Å². The number of aromatic nitrogens is 1. The van der Waals surface area contributed by atoms with E-state index in [1.165, 1.54) is 4.90 Å². The van der Waals surface area contributed by atoms with Gasteiger partial charge in [0.15, 0.2) is 0 Å². The van der Waals surface area contributed by atoms with E-state index in [1.54, 1.807) is 18.3 Å². The van der Waals surface area contributed by atoms with E-state index in [1.807, 2.05) is 0 Å². The highest BCUT2D eigenvalue weighted by atomic mass is 15.1. The Labute approximate surface area is 78.8 Å². The third-order valence-electron chi connectivity index (χ3n) is 2.28. The van der Waals surface area contributed by atoms with Crippen LogP contribution in [0.15, 0.2) is 24.5 Å². The van der Waals surface area contributed by atoms with Gasteiger partial charge in [-0.05, 0) is 38.0 Å². The average molecular weight is 166 g/mol. The van der Waals surface area contributed by atoms with Crippen LogP contribution in [0.1, 0.15) is 29.9 Å². The van der Waals surface area contributed by atoms with E-state index in [4.69, 9.17) is 5.48 Å². The molecule has 1 fully saturated rings. The summed E-state index contributed by atoms with van der Waals surface area (Å²) >= 11 is 0. The lowest BCUT2D eigenvalue weighted by Gasteiger charge is -2.18. The van der Waals surface area contributed by atoms with Gasteiger partial charge in [-0.3, -0.25) is 9.88 Å². The largest absolute Gasteiger partial charge is 0.299 e. The normalized spacial score (nSPS) is 30.5. The second kappa shape index (κ2) is 3.23. The first kappa shape index (κ1) is 4.38. The molecule has 0 N–H and O–H groups in total. The first-order chi connectivity index (χ1) is 7.48. The summed E-state index contributed by atoms with van der Waals surface area (Å²) in [6, 6.07) is 3.32. The third kappa shape index (κ3) is 1.34. The standard InChI is InChI=1S/C10H14N2/c1-12-7-3-5-10(12)9-4-2-6-11-8-9/h2,4,6,8,10H,3,5,7H2,1H3/i1D3,6D. The third-order valence-corrected chi connectivity index (χ3v) is 2.28. The van der Waals surface area contributed by atoms with Gasteiger partial charge >= 0.3 is 0 Å². The highest BCUT2D eigenvalue weighted by Crippen LogP contribution is 2.29. The minimum Gasteiger partial charge on any atom is -0.299 e. The van der Waals surface area contributed by atoms with E-state index in [9.17, 15) is 0 Å². The molecule has 0 spiro atoms. The molecule has 1 atom stereocenters. The van der Waals surface area contributed by atoms with Crippen molar-refractivity contribution in [2.45, 2.75) is 18.9 Å². The first-order valence-electron chi connectivity index (χ1n) is 6.18. The molecule has 0 aromatic carbocycles. The average Bonchev–Trinajstić information content (AvgIpc) is 2.66. The Hall–Kier alpha value is -0.890. The molecule has 1 aliphatic rings. The molecule has 0 radical (unpaired) electrons. The Bertz CT molecular complexity index is 360. The van der Waals surface area contributed by atoms with Crippen LogP contribution in [0.4, 0.5) is 0 Å². The van der Waals surface area contributed by atoms with Gasteiger partial charge in [0.05, 0.1) is 1.37 Å². The van der Waals surface area contributed by atoms with E-state index in [-0.39, 0.29) is 12.2 Å². The maximum atomic E-state index is 7.45. The summed E-state index contributed by atoms with van der Waals surface area (Å²) < 4.78 is 29.7. The number of rotatable bonds is 1. The number of pyridine rings is 1. The molecular formula is C10H14N2. The maximum absolute atomic E-state index is 7.45. The van der Waals surface area contributed by atoms with Crippen LogP contribution in [-0.4, -0.2) is 23.4 Å². The summed E-state index contributed by atoms with van der Waals surface area (Å²) in [6.45, 7) is -1.44. The van der Waals surface area contributed by atoms with Crippen molar-refractivity contribution in [2.24, 2.45) is 0 Å². The number of hydrogen-bond donors (Lipinski definition) is 0. The zero-order valence-corrected chi connectivity index (χ0v) is 6.83. The quantitative estimate of drug-likeness (QED) is 0.633. The van der Waals surface area contributed by atoms with Crippen molar-refractivity contribution in [1.82, 2.24) is 9.88 Å². The lowest BCUT2D eigenvalue weighted by atomic mass is 10.1. The minimum absolute atomic E-state index is 0.0828. The van der Waals surface area contributed by atoms with Crippen LogP contribution in [0.2, 0.25) is 0 Å². The second-order valence-corrected chi connectivity index (χ2v) is 3.07. The predicted octanol–water partition coefficient (Wildman–Crippen LogP) is 1.85. The fourth-order valence-corrected chi connectivity index (χ4v) is 1.64. The zero-order valence-electron chi connectivity index (χ0n) is 10.8. The van der Waals surface area contributed by atoms with Crippen LogP contribution in [-0.2, 0) is 0 Å². The minimum atomic E-state index is -2.04. The second-order valence-electron chi connectivity index (χ2n) is 3.07. The van der Waals surface area contributed by atoms with Crippen LogP contribution in [0.25, 0.3) is 0 Å². The van der Waals surface area contributed by atoms with Crippen molar-refractivity contribution in [3.05, 3.63) is 30.1 Å². The molecule has 12 heavy (non-hydrogen) atoms. The molecule has 2 nitrogen and oxygen atoms in total. The molecule has 1 aromatic rings. The van der Waals surface area contributed by atoms with Gasteiger partial charge in [0.25, 0.3) is 0 Å². The molecular weight excluding hydrogens is 148 g/mol. The van der Waals surface area contributed by atoms with Crippen molar-refractivity contribution in [3.8, 4) is 0 Å². The van der Waals surface area contributed by atoms with E-state index >= 15 is 0 Å². The zero-order chi connectivity index (χ0) is 11.8. The van der Waals surface area contributed by atoms with Gasteiger partial charge in [-0.1, -0.05) is 6.07 Å². The Morgan fingerprint density at radius 1 is 1.83 bits per heavy atom. The van der Waals surface area contributed by atoms with Crippen LogP contribution in [0, 0.1) is 0 Å². The highest BCUT2D eigenvalue weighted by Gasteiger charge is 2.21. The molecule has 1 aliphatic heterocycles. The molecule has 2 rings (SSSR count). The maximum Gasteiger partial charge on any atom is 0.0840 e. The topological polar surface area (TPSA) is 16.1 Å². The van der Waals surface area contributed by atoms with Crippen LogP contribution in [0.5, 0.6) is 0 Å². The van der Waals surface area contributed by atoms with Crippen LogP contribution >= 0.6 is 0 Å². The highest BCUT2D eigenvalue weighted by molar-refractivity contribution is 5.14. The van der Waals surface area contributed by atoms with E-state index < -0.39 is 6.98 Å². The summed E-state index contributed by atoms with van der Waals surface area (Å²) in [5.41, 5.74) is 0.893. The van der Waals surface area contributed by atoms with E-state index in [0.717, 1.165) is 18.4 Å². The van der Waals surface area contributed by atoms with Gasteiger partial charge < -0.3 is 0 Å². The number of likely N-dealkylation sites (tertiary alicyclic amines) is 1. The molecule has 0 aliphatic carbocycles. The van der Waals surface area contributed by atoms with Gasteiger partial charge in [0.2, 0.25) is 0 Å². The molecule has 1 unspecified atom stereocenters. The Morgan fingerprint density at radius 2 is 2.83 bits per heavy atom. The van der Waals surface area contributed by atoms with E-state index in [2.05, 4.69) is 4.98 Å². The van der Waals surface area contributed by atoms with Crippen molar-refractivity contribution in [3.63, 3.8) is 0 Å². The predicted molar refractivity (Wildman–Crippen MR) is 48.8 cm³/mol. The SMILES string of the molecule is [2H]c1ccc(C2CCCN2C([2H])([2H])[2H])cn1. The van der Waals surface area contributed by atoms with Gasteiger partial charge in [-0.15, -0.1) is 0 Å². The van der Waals surface area contributed by atoms with Crippen LogP contribution < -0.4 is 0 Å². The molecule has 0 amide bonds. The number of hydrogen-bond acceptors (Lipinski definition) is 2. The Kier molecular flexibility index (Phi) is 1.18. The summed E-state index contributed by atoms with van der Waals surface area (Å²) in [7, 11) is 0. The monoisotopic (exact) mass is 166 g/mol. The lowest BCUT2D eigenvalue weighted by molar-refractivity contribution is 0.317. The molecule has 0 bridgehead atoms. The molecule has 1 saturated heterocycles. The lowest BCUT2D eigenvalue weighted by Crippen LogP contribution is -2.17. The Balaban J connectivity index is 2.23. The molecule has 1 aromatic heterocycles. The fraction of sp³-hybridized carbons (Fsp3) is 0.500. The van der Waals surface area contributed by atoms with Crippen molar-refractivity contribution in [1.29, 1.82) is 0 Å². The summed E-state index contributed by atoms with van der Waals surface area (Å²) in [6.07, 6.45) is 3.56. The van der Waals surface area contributed by atoms with Crippen molar-refractivity contribution >= 4 is 0 Å². The smallest absolute Gasteiger partial charge is 0.0840 e. The molecule has 0 saturated carbocycles. The van der Waals surface area contributed by atoms with Gasteiger partial charge in [0.1, 0.15) is 0 Å². The summed E-state index contributed by atoms with van der Waals surface area (Å²) in [5.74, 6) is 0. The molecule has 2 heterocycles. The van der Waals surface area contributed by atoms with Gasteiger partial charge in [-0.25, -0.2) is 0 Å². The van der Waals surface area contributed by atoms with Crippen molar-refractivity contribution < 1.29 is 5.48 Å². The summed E-state index contributed by atoms with van der Waals surface area (Å²) in [5, 5.41) is 0.